The summed E-state index contributed by atoms with van der Waals surface area (Å²) >= 11 is 0. The average molecular weight is 380 g/mol. The minimum Gasteiger partial charge on any atom is -0.295 e. The molecule has 2 fully saturated rings. The van der Waals surface area contributed by atoms with Crippen LogP contribution in [0.4, 0.5) is 0 Å². The largest absolute Gasteiger partial charge is 0.295 e. The molecule has 0 spiro atoms. The van der Waals surface area contributed by atoms with Gasteiger partial charge in [0.2, 0.25) is 0 Å². The molecule has 0 heterocycles. The van der Waals surface area contributed by atoms with Gasteiger partial charge in [0.15, 0.2) is 0 Å². The van der Waals surface area contributed by atoms with Gasteiger partial charge in [-0.25, -0.2) is 0 Å². The second-order valence-electron chi connectivity index (χ2n) is 11.5. The van der Waals surface area contributed by atoms with Gasteiger partial charge in [0.1, 0.15) is 0 Å². The van der Waals surface area contributed by atoms with Crippen LogP contribution in [0.5, 0.6) is 0 Å². The SMILES string of the molecule is CC1CC(C)C(C(C(C)C)N(OC(C)C2CCCCC2)C(C)(C)C)C(C)C1. The van der Waals surface area contributed by atoms with Gasteiger partial charge in [-0.2, -0.15) is 5.06 Å². The van der Waals surface area contributed by atoms with Gasteiger partial charge in [-0.3, -0.25) is 4.84 Å². The summed E-state index contributed by atoms with van der Waals surface area (Å²) in [6, 6.07) is 0.494. The lowest BCUT2D eigenvalue weighted by Crippen LogP contribution is -2.57. The fraction of sp³-hybridized carbons (Fsp3) is 1.00. The van der Waals surface area contributed by atoms with Gasteiger partial charge in [0, 0.05) is 11.6 Å². The van der Waals surface area contributed by atoms with Crippen molar-refractivity contribution in [3.63, 3.8) is 0 Å². The van der Waals surface area contributed by atoms with E-state index in [-0.39, 0.29) is 5.54 Å². The zero-order chi connectivity index (χ0) is 20.4. The van der Waals surface area contributed by atoms with Crippen LogP contribution in [0.2, 0.25) is 0 Å². The van der Waals surface area contributed by atoms with Crippen molar-refractivity contribution in [2.45, 2.75) is 125 Å². The maximum atomic E-state index is 6.89. The highest BCUT2D eigenvalue weighted by atomic mass is 16.7. The van der Waals surface area contributed by atoms with E-state index in [0.717, 1.165) is 29.6 Å². The Labute approximate surface area is 170 Å². The molecular formula is C25H49NO. The molecule has 0 amide bonds. The van der Waals surface area contributed by atoms with Gasteiger partial charge in [-0.05, 0) is 88.9 Å². The van der Waals surface area contributed by atoms with Gasteiger partial charge in [0.05, 0.1) is 6.10 Å². The molecule has 27 heavy (non-hydrogen) atoms. The van der Waals surface area contributed by atoms with Gasteiger partial charge >= 0.3 is 0 Å². The van der Waals surface area contributed by atoms with Crippen molar-refractivity contribution in [1.29, 1.82) is 0 Å². The van der Waals surface area contributed by atoms with E-state index in [4.69, 9.17) is 4.84 Å². The first-order chi connectivity index (χ1) is 12.5. The fourth-order valence-electron chi connectivity index (χ4n) is 6.33. The van der Waals surface area contributed by atoms with Crippen LogP contribution in [0.3, 0.4) is 0 Å². The lowest BCUT2D eigenvalue weighted by molar-refractivity contribution is -0.292. The van der Waals surface area contributed by atoms with Crippen molar-refractivity contribution in [2.75, 3.05) is 0 Å². The molecule has 4 unspecified atom stereocenters. The Bertz CT molecular complexity index is 422. The third kappa shape index (κ3) is 5.95. The third-order valence-corrected chi connectivity index (χ3v) is 7.47. The van der Waals surface area contributed by atoms with Crippen LogP contribution < -0.4 is 0 Å². The maximum Gasteiger partial charge on any atom is 0.0793 e. The van der Waals surface area contributed by atoms with E-state index in [1.807, 2.05) is 0 Å². The van der Waals surface area contributed by atoms with E-state index in [9.17, 15) is 0 Å². The molecule has 2 saturated carbocycles. The number of rotatable bonds is 6. The van der Waals surface area contributed by atoms with Crippen LogP contribution in [0, 0.1) is 35.5 Å². The van der Waals surface area contributed by atoms with Gasteiger partial charge < -0.3 is 0 Å². The molecule has 0 aromatic heterocycles. The Balaban J connectivity index is 2.24. The zero-order valence-corrected chi connectivity index (χ0v) is 19.9. The first kappa shape index (κ1) is 23.2. The van der Waals surface area contributed by atoms with Crippen LogP contribution in [-0.4, -0.2) is 22.7 Å². The number of hydrogen-bond acceptors (Lipinski definition) is 2. The Morgan fingerprint density at radius 1 is 0.852 bits per heavy atom. The molecule has 0 aromatic rings. The Morgan fingerprint density at radius 2 is 1.37 bits per heavy atom. The summed E-state index contributed by atoms with van der Waals surface area (Å²) in [6.45, 7) is 21.6. The van der Waals surface area contributed by atoms with Gasteiger partial charge in [-0.15, -0.1) is 0 Å². The standard InChI is InChI=1S/C25H49NO/c1-17(2)24(23-19(4)15-18(3)16-20(23)5)26(25(7,8)9)27-21(6)22-13-11-10-12-14-22/h17-24H,10-16H2,1-9H3. The highest BCUT2D eigenvalue weighted by Crippen LogP contribution is 2.44. The third-order valence-electron chi connectivity index (χ3n) is 7.47. The molecule has 2 aliphatic carbocycles. The lowest BCUT2D eigenvalue weighted by Gasteiger charge is -2.52. The van der Waals surface area contributed by atoms with Crippen molar-refractivity contribution in [3.05, 3.63) is 0 Å². The Kier molecular flexibility index (Phi) is 8.26. The summed E-state index contributed by atoms with van der Waals surface area (Å²) in [4.78, 5) is 6.89. The molecule has 0 saturated heterocycles. The fourth-order valence-corrected chi connectivity index (χ4v) is 6.33. The molecule has 0 radical (unpaired) electrons. The van der Waals surface area contributed by atoms with E-state index < -0.39 is 0 Å². The summed E-state index contributed by atoms with van der Waals surface area (Å²) in [5.74, 6) is 4.47. The minimum absolute atomic E-state index is 0.0281. The molecule has 2 rings (SSSR count). The van der Waals surface area contributed by atoms with Crippen LogP contribution in [0.15, 0.2) is 0 Å². The van der Waals surface area contributed by atoms with Crippen LogP contribution in [-0.2, 0) is 4.84 Å². The predicted molar refractivity (Wildman–Crippen MR) is 118 cm³/mol. The first-order valence-electron chi connectivity index (χ1n) is 12.0. The number of hydroxylamine groups is 2. The second kappa shape index (κ2) is 9.61. The topological polar surface area (TPSA) is 12.5 Å². The van der Waals surface area contributed by atoms with Gasteiger partial charge in [-0.1, -0.05) is 53.9 Å². The maximum absolute atomic E-state index is 6.89. The molecular weight excluding hydrogens is 330 g/mol. The highest BCUT2D eigenvalue weighted by molar-refractivity contribution is 4.93. The predicted octanol–water partition coefficient (Wildman–Crippen LogP) is 7.33. The van der Waals surface area contributed by atoms with Gasteiger partial charge in [0.25, 0.3) is 0 Å². The van der Waals surface area contributed by atoms with E-state index in [0.29, 0.717) is 18.1 Å². The molecule has 0 bridgehead atoms. The van der Waals surface area contributed by atoms with E-state index in [1.54, 1.807) is 0 Å². The zero-order valence-electron chi connectivity index (χ0n) is 19.9. The quantitative estimate of drug-likeness (QED) is 0.448. The first-order valence-corrected chi connectivity index (χ1v) is 12.0. The van der Waals surface area contributed by atoms with Crippen LogP contribution in [0.1, 0.15) is 107 Å². The molecule has 160 valence electrons. The van der Waals surface area contributed by atoms with Crippen molar-refractivity contribution < 1.29 is 4.84 Å². The van der Waals surface area contributed by atoms with E-state index >= 15 is 0 Å². The normalized spacial score (nSPS) is 33.4. The summed E-state index contributed by atoms with van der Waals surface area (Å²) in [5.41, 5.74) is 0.0281. The van der Waals surface area contributed by atoms with Crippen molar-refractivity contribution >= 4 is 0 Å². The molecule has 2 heteroatoms. The molecule has 0 N–H and O–H groups in total. The molecule has 2 nitrogen and oxygen atoms in total. The smallest absolute Gasteiger partial charge is 0.0793 e. The van der Waals surface area contributed by atoms with Crippen LogP contribution >= 0.6 is 0 Å². The summed E-state index contributed by atoms with van der Waals surface area (Å²) in [5, 5.41) is 2.46. The Hall–Kier alpha value is -0.0800. The number of hydrogen-bond donors (Lipinski definition) is 0. The molecule has 2 aliphatic rings. The summed E-state index contributed by atoms with van der Waals surface area (Å²) in [7, 11) is 0. The second-order valence-corrected chi connectivity index (χ2v) is 11.5. The lowest BCUT2D eigenvalue weighted by atomic mass is 9.64. The van der Waals surface area contributed by atoms with Crippen molar-refractivity contribution in [2.24, 2.45) is 35.5 Å². The van der Waals surface area contributed by atoms with E-state index in [2.05, 4.69) is 67.4 Å². The molecule has 0 aliphatic heterocycles. The Morgan fingerprint density at radius 3 is 1.81 bits per heavy atom. The number of nitrogens with zero attached hydrogens (tertiary/aromatic N) is 1. The minimum atomic E-state index is 0.0281. The molecule has 4 atom stereocenters. The highest BCUT2D eigenvalue weighted by Gasteiger charge is 2.44. The monoisotopic (exact) mass is 379 g/mol. The molecule has 0 aromatic carbocycles. The average Bonchev–Trinajstić information content (AvgIpc) is 2.55. The van der Waals surface area contributed by atoms with Crippen LogP contribution in [0.25, 0.3) is 0 Å². The van der Waals surface area contributed by atoms with Crippen molar-refractivity contribution in [3.8, 4) is 0 Å². The summed E-state index contributed by atoms with van der Waals surface area (Å²) in [6.07, 6.45) is 9.95. The van der Waals surface area contributed by atoms with E-state index in [1.165, 1.54) is 44.9 Å². The van der Waals surface area contributed by atoms with Crippen molar-refractivity contribution in [1.82, 2.24) is 5.06 Å². The summed E-state index contributed by atoms with van der Waals surface area (Å²) < 4.78 is 0.